The molecule has 1 aliphatic heterocycles. The number of halogens is 3. The van der Waals surface area contributed by atoms with Gasteiger partial charge in [0.25, 0.3) is 0 Å². The molecule has 1 saturated carbocycles. The number of ketones is 1. The maximum atomic E-state index is 14.8. The third kappa shape index (κ3) is 2.68. The van der Waals surface area contributed by atoms with E-state index in [-0.39, 0.29) is 41.7 Å². The van der Waals surface area contributed by atoms with E-state index in [9.17, 15) is 13.6 Å². The van der Waals surface area contributed by atoms with Crippen LogP contribution in [0.2, 0.25) is 0 Å². The molecule has 0 radical (unpaired) electrons. The lowest BCUT2D eigenvalue weighted by Crippen LogP contribution is -2.48. The summed E-state index contributed by atoms with van der Waals surface area (Å²) in [4.78, 5) is 12.4. The van der Waals surface area contributed by atoms with Gasteiger partial charge >= 0.3 is 0 Å². The second-order valence-electron chi connectivity index (χ2n) is 6.77. The molecule has 0 amide bonds. The van der Waals surface area contributed by atoms with Crippen LogP contribution in [0.1, 0.15) is 24.0 Å². The maximum Gasteiger partial charge on any atom is 0.137 e. The molecular formula is C20H20ClF2NO. The average molecular weight is 364 g/mol. The van der Waals surface area contributed by atoms with Gasteiger partial charge in [-0.2, -0.15) is 0 Å². The van der Waals surface area contributed by atoms with Gasteiger partial charge in [0.15, 0.2) is 0 Å². The Balaban J connectivity index is 0.00000182. The average Bonchev–Trinajstić information content (AvgIpc) is 3.08. The third-order valence-electron chi connectivity index (χ3n) is 5.74. The molecule has 2 aromatic rings. The molecule has 132 valence electrons. The van der Waals surface area contributed by atoms with E-state index in [1.54, 1.807) is 36.4 Å². The van der Waals surface area contributed by atoms with Crippen molar-refractivity contribution in [2.24, 2.45) is 11.8 Å². The zero-order valence-electron chi connectivity index (χ0n) is 13.7. The molecule has 0 bridgehead atoms. The highest BCUT2D eigenvalue weighted by Crippen LogP contribution is 2.52. The normalized spacial score (nSPS) is 24.5. The summed E-state index contributed by atoms with van der Waals surface area (Å²) in [6, 6.07) is 13.2. The Labute approximate surface area is 152 Å². The molecule has 1 saturated heterocycles. The predicted octanol–water partition coefficient (Wildman–Crippen LogP) is 3.87. The van der Waals surface area contributed by atoms with Crippen LogP contribution >= 0.6 is 12.4 Å². The molecule has 1 heterocycles. The monoisotopic (exact) mass is 363 g/mol. The van der Waals surface area contributed by atoms with Gasteiger partial charge in [-0.15, -0.1) is 12.4 Å². The highest BCUT2D eigenvalue weighted by molar-refractivity contribution is 5.85. The number of rotatable bonds is 2. The number of Topliss-reactive ketones (excluding diaryl/α,β-unsaturated/α-hetero) is 1. The standard InChI is InChI=1S/C20H19F2NO.ClH/c21-17-7-3-1-5-14(17)20(15-6-2-4-8-18(15)22)10-9-19(24)13-11-23-12-16(13)20;/h1-8,13,16,23H,9-12H2;1H. The fourth-order valence-electron chi connectivity index (χ4n) is 4.69. The second-order valence-corrected chi connectivity index (χ2v) is 6.77. The molecular weight excluding hydrogens is 344 g/mol. The van der Waals surface area contributed by atoms with Gasteiger partial charge in [-0.1, -0.05) is 36.4 Å². The predicted molar refractivity (Wildman–Crippen MR) is 94.9 cm³/mol. The lowest BCUT2D eigenvalue weighted by Gasteiger charge is -2.45. The highest BCUT2D eigenvalue weighted by atomic mass is 35.5. The van der Waals surface area contributed by atoms with Crippen LogP contribution in [0.25, 0.3) is 0 Å². The lowest BCUT2D eigenvalue weighted by atomic mass is 9.56. The van der Waals surface area contributed by atoms with Crippen LogP contribution < -0.4 is 5.32 Å². The van der Waals surface area contributed by atoms with E-state index in [0.29, 0.717) is 37.1 Å². The highest BCUT2D eigenvalue weighted by Gasteiger charge is 2.54. The van der Waals surface area contributed by atoms with Crippen molar-refractivity contribution in [3.8, 4) is 0 Å². The van der Waals surface area contributed by atoms with E-state index < -0.39 is 5.41 Å². The molecule has 2 nitrogen and oxygen atoms in total. The molecule has 0 aromatic heterocycles. The van der Waals surface area contributed by atoms with Gasteiger partial charge in [-0.05, 0) is 42.1 Å². The molecule has 5 heteroatoms. The minimum absolute atomic E-state index is 0. The van der Waals surface area contributed by atoms with Gasteiger partial charge in [-0.25, -0.2) is 8.78 Å². The summed E-state index contributed by atoms with van der Waals surface area (Å²) in [5, 5.41) is 3.26. The fraction of sp³-hybridized carbons (Fsp3) is 0.350. The van der Waals surface area contributed by atoms with Gasteiger partial charge in [0.1, 0.15) is 17.4 Å². The number of carbonyl (C=O) groups is 1. The lowest BCUT2D eigenvalue weighted by molar-refractivity contribution is -0.126. The van der Waals surface area contributed by atoms with E-state index in [0.717, 1.165) is 0 Å². The Hall–Kier alpha value is -1.78. The van der Waals surface area contributed by atoms with Crippen LogP contribution in [0.5, 0.6) is 0 Å². The van der Waals surface area contributed by atoms with E-state index in [4.69, 9.17) is 0 Å². The Bertz CT molecular complexity index is 749. The first-order valence-electron chi connectivity index (χ1n) is 8.38. The molecule has 1 aliphatic carbocycles. The minimum atomic E-state index is -0.807. The molecule has 4 rings (SSSR count). The van der Waals surface area contributed by atoms with Gasteiger partial charge < -0.3 is 5.32 Å². The SMILES string of the molecule is Cl.O=C1CCC(c2ccccc2F)(c2ccccc2F)C2CNCC12. The summed E-state index contributed by atoms with van der Waals surface area (Å²) >= 11 is 0. The summed E-state index contributed by atoms with van der Waals surface area (Å²) in [7, 11) is 0. The van der Waals surface area contributed by atoms with Crippen LogP contribution in [-0.4, -0.2) is 18.9 Å². The Morgan fingerprint density at radius 1 is 0.920 bits per heavy atom. The molecule has 1 N–H and O–H groups in total. The number of hydrogen-bond acceptors (Lipinski definition) is 2. The molecule has 2 aromatic carbocycles. The number of benzene rings is 2. The van der Waals surface area contributed by atoms with Crippen molar-refractivity contribution >= 4 is 18.2 Å². The van der Waals surface area contributed by atoms with Crippen LogP contribution in [0, 0.1) is 23.5 Å². The molecule has 2 fully saturated rings. The van der Waals surface area contributed by atoms with E-state index in [2.05, 4.69) is 5.32 Å². The van der Waals surface area contributed by atoms with Crippen LogP contribution in [-0.2, 0) is 10.2 Å². The van der Waals surface area contributed by atoms with Gasteiger partial charge in [-0.3, -0.25) is 4.79 Å². The zero-order chi connectivity index (χ0) is 16.7. The van der Waals surface area contributed by atoms with Crippen LogP contribution in [0.15, 0.2) is 48.5 Å². The third-order valence-corrected chi connectivity index (χ3v) is 5.74. The van der Waals surface area contributed by atoms with E-state index >= 15 is 0 Å². The van der Waals surface area contributed by atoms with Crippen molar-refractivity contribution in [3.05, 3.63) is 71.3 Å². The smallest absolute Gasteiger partial charge is 0.137 e. The summed E-state index contributed by atoms with van der Waals surface area (Å²) in [6.45, 7) is 1.19. The number of nitrogens with one attached hydrogen (secondary N) is 1. The second kappa shape index (κ2) is 6.85. The van der Waals surface area contributed by atoms with Crippen LogP contribution in [0.4, 0.5) is 8.78 Å². The summed E-state index contributed by atoms with van der Waals surface area (Å²) in [5.41, 5.74) is 0.196. The first-order chi connectivity index (χ1) is 11.6. The topological polar surface area (TPSA) is 29.1 Å². The van der Waals surface area contributed by atoms with E-state index in [1.165, 1.54) is 12.1 Å². The van der Waals surface area contributed by atoms with Gasteiger partial charge in [0, 0.05) is 24.3 Å². The quantitative estimate of drug-likeness (QED) is 0.877. The van der Waals surface area contributed by atoms with Gasteiger partial charge in [0.05, 0.1) is 0 Å². The largest absolute Gasteiger partial charge is 0.316 e. The minimum Gasteiger partial charge on any atom is -0.316 e. The van der Waals surface area contributed by atoms with Crippen molar-refractivity contribution in [1.29, 1.82) is 0 Å². The Kier molecular flexibility index (Phi) is 4.94. The zero-order valence-corrected chi connectivity index (χ0v) is 14.5. The summed E-state index contributed by atoms with van der Waals surface area (Å²) in [5.74, 6) is -0.777. The van der Waals surface area contributed by atoms with Crippen molar-refractivity contribution in [2.75, 3.05) is 13.1 Å². The van der Waals surface area contributed by atoms with Crippen molar-refractivity contribution in [3.63, 3.8) is 0 Å². The van der Waals surface area contributed by atoms with Crippen molar-refractivity contribution in [2.45, 2.75) is 18.3 Å². The number of hydrogen-bond donors (Lipinski definition) is 1. The van der Waals surface area contributed by atoms with E-state index in [1.807, 2.05) is 0 Å². The molecule has 2 aliphatic rings. The number of fused-ring (bicyclic) bond motifs is 1. The first kappa shape index (κ1) is 18.0. The summed E-state index contributed by atoms with van der Waals surface area (Å²) < 4.78 is 29.5. The first-order valence-corrected chi connectivity index (χ1v) is 8.38. The Morgan fingerprint density at radius 2 is 1.48 bits per heavy atom. The molecule has 2 unspecified atom stereocenters. The Morgan fingerprint density at radius 3 is 2.04 bits per heavy atom. The summed E-state index contributed by atoms with van der Waals surface area (Å²) in [6.07, 6.45) is 0.794. The fourth-order valence-corrected chi connectivity index (χ4v) is 4.69. The molecule has 2 atom stereocenters. The number of carbonyl (C=O) groups excluding carboxylic acids is 1. The van der Waals surface area contributed by atoms with Crippen LogP contribution in [0.3, 0.4) is 0 Å². The maximum absolute atomic E-state index is 14.8. The van der Waals surface area contributed by atoms with Crippen molar-refractivity contribution in [1.82, 2.24) is 5.32 Å². The van der Waals surface area contributed by atoms with Gasteiger partial charge in [0.2, 0.25) is 0 Å². The molecule has 0 spiro atoms. The molecule has 25 heavy (non-hydrogen) atoms. The van der Waals surface area contributed by atoms with Crippen molar-refractivity contribution < 1.29 is 13.6 Å².